The van der Waals surface area contributed by atoms with Crippen molar-refractivity contribution in [1.29, 1.82) is 0 Å². The van der Waals surface area contributed by atoms with Gasteiger partial charge in [-0.25, -0.2) is 4.79 Å². The highest BCUT2D eigenvalue weighted by Gasteiger charge is 2.22. The molecule has 0 saturated heterocycles. The molecule has 0 amide bonds. The first kappa shape index (κ1) is 25.5. The Hall–Kier alpha value is -2.09. The fourth-order valence-corrected chi connectivity index (χ4v) is 5.18. The van der Waals surface area contributed by atoms with Gasteiger partial charge in [0.05, 0.1) is 5.56 Å². The molecule has 0 atom stereocenters. The third-order valence-corrected chi connectivity index (χ3v) is 7.38. The first-order chi connectivity index (χ1) is 16.2. The van der Waals surface area contributed by atoms with Crippen molar-refractivity contribution in [3.8, 4) is 5.75 Å². The summed E-state index contributed by atoms with van der Waals surface area (Å²) in [6.45, 7) is 4.51. The van der Waals surface area contributed by atoms with Crippen LogP contribution in [0.2, 0.25) is 0 Å². The summed E-state index contributed by atoms with van der Waals surface area (Å²) in [6.07, 6.45) is 18.4. The molecule has 0 spiro atoms. The van der Waals surface area contributed by atoms with Gasteiger partial charge >= 0.3 is 5.97 Å². The molecule has 2 heteroatoms. The Morgan fingerprint density at radius 3 is 2.03 bits per heavy atom. The molecular weight excluding hydrogens is 404 g/mol. The zero-order valence-corrected chi connectivity index (χ0v) is 21.0. The van der Waals surface area contributed by atoms with Gasteiger partial charge in [0.1, 0.15) is 5.75 Å². The summed E-state index contributed by atoms with van der Waals surface area (Å²) in [7, 11) is 0. The second-order valence-electron chi connectivity index (χ2n) is 10.0. The number of unbranched alkanes of at least 4 members (excludes halogenated alkanes) is 6. The summed E-state index contributed by atoms with van der Waals surface area (Å²) >= 11 is 0. The van der Waals surface area contributed by atoms with Crippen molar-refractivity contribution >= 4 is 5.97 Å². The van der Waals surface area contributed by atoms with Gasteiger partial charge in [-0.3, -0.25) is 0 Å². The molecule has 0 N–H and O–H groups in total. The van der Waals surface area contributed by atoms with Crippen molar-refractivity contribution in [1.82, 2.24) is 0 Å². The van der Waals surface area contributed by atoms with Crippen LogP contribution in [-0.2, 0) is 6.42 Å². The van der Waals surface area contributed by atoms with Gasteiger partial charge in [0.15, 0.2) is 0 Å². The molecule has 2 aromatic rings. The Kier molecular flexibility index (Phi) is 11.0. The number of rotatable bonds is 13. The van der Waals surface area contributed by atoms with Crippen LogP contribution >= 0.6 is 0 Å². The Morgan fingerprint density at radius 1 is 0.758 bits per heavy atom. The van der Waals surface area contributed by atoms with Gasteiger partial charge in [-0.05, 0) is 85.8 Å². The average molecular weight is 449 g/mol. The van der Waals surface area contributed by atoms with E-state index in [1.807, 2.05) is 24.3 Å². The van der Waals surface area contributed by atoms with Crippen molar-refractivity contribution in [2.45, 2.75) is 110 Å². The number of ether oxygens (including phenoxy) is 1. The van der Waals surface area contributed by atoms with E-state index < -0.39 is 0 Å². The van der Waals surface area contributed by atoms with Crippen molar-refractivity contribution in [3.05, 3.63) is 65.2 Å². The molecule has 0 bridgehead atoms. The predicted octanol–water partition coefficient (Wildman–Crippen LogP) is 9.27. The molecule has 180 valence electrons. The van der Waals surface area contributed by atoms with E-state index in [1.54, 1.807) is 0 Å². The standard InChI is InChI=1S/C31H44O2/c1-3-5-7-9-11-25-13-17-27(18-14-25)28-21-23-30(24-22-28)33-31(32)29-19-15-26(16-20-29)12-10-8-6-4-2/h15-16,19-25,27H,3-14,17-18H2,1-2H3. The van der Waals surface area contributed by atoms with Crippen LogP contribution < -0.4 is 4.74 Å². The molecule has 1 aliphatic rings. The lowest BCUT2D eigenvalue weighted by molar-refractivity contribution is 0.0734. The number of esters is 1. The smallest absolute Gasteiger partial charge is 0.343 e. The molecule has 0 heterocycles. The summed E-state index contributed by atoms with van der Waals surface area (Å²) < 4.78 is 5.64. The molecule has 0 unspecified atom stereocenters. The van der Waals surface area contributed by atoms with Gasteiger partial charge in [-0.1, -0.05) is 89.5 Å². The van der Waals surface area contributed by atoms with E-state index in [0.29, 0.717) is 17.2 Å². The minimum Gasteiger partial charge on any atom is -0.423 e. The Bertz CT molecular complexity index is 798. The maximum absolute atomic E-state index is 12.6. The lowest BCUT2D eigenvalue weighted by Gasteiger charge is -2.29. The summed E-state index contributed by atoms with van der Waals surface area (Å²) in [5, 5.41) is 0. The molecular formula is C31H44O2. The summed E-state index contributed by atoms with van der Waals surface area (Å²) in [4.78, 5) is 12.6. The van der Waals surface area contributed by atoms with Crippen LogP contribution in [0.25, 0.3) is 0 Å². The van der Waals surface area contributed by atoms with E-state index in [2.05, 4.69) is 38.1 Å². The van der Waals surface area contributed by atoms with Crippen LogP contribution in [0.4, 0.5) is 0 Å². The molecule has 0 aliphatic heterocycles. The molecule has 0 radical (unpaired) electrons. The summed E-state index contributed by atoms with van der Waals surface area (Å²) in [5.41, 5.74) is 3.31. The number of benzene rings is 2. The predicted molar refractivity (Wildman–Crippen MR) is 139 cm³/mol. The van der Waals surface area contributed by atoms with E-state index >= 15 is 0 Å². The van der Waals surface area contributed by atoms with Crippen LogP contribution in [0.15, 0.2) is 48.5 Å². The quantitative estimate of drug-likeness (QED) is 0.173. The number of hydrogen-bond acceptors (Lipinski definition) is 2. The molecule has 2 nitrogen and oxygen atoms in total. The Labute approximate surface area is 202 Å². The highest BCUT2D eigenvalue weighted by Crippen LogP contribution is 2.38. The average Bonchev–Trinajstić information content (AvgIpc) is 2.86. The highest BCUT2D eigenvalue weighted by atomic mass is 16.5. The first-order valence-electron chi connectivity index (χ1n) is 13.6. The van der Waals surface area contributed by atoms with Gasteiger partial charge in [0.2, 0.25) is 0 Å². The third-order valence-electron chi connectivity index (χ3n) is 7.38. The fourth-order valence-electron chi connectivity index (χ4n) is 5.18. The molecule has 1 saturated carbocycles. The third kappa shape index (κ3) is 8.65. The highest BCUT2D eigenvalue weighted by molar-refractivity contribution is 5.91. The van der Waals surface area contributed by atoms with E-state index in [-0.39, 0.29) is 5.97 Å². The van der Waals surface area contributed by atoms with E-state index in [1.165, 1.54) is 94.6 Å². The topological polar surface area (TPSA) is 26.3 Å². The Balaban J connectivity index is 1.42. The van der Waals surface area contributed by atoms with E-state index in [9.17, 15) is 4.79 Å². The monoisotopic (exact) mass is 448 g/mol. The minimum absolute atomic E-state index is 0.274. The van der Waals surface area contributed by atoms with Gasteiger partial charge < -0.3 is 4.74 Å². The summed E-state index contributed by atoms with van der Waals surface area (Å²) in [6, 6.07) is 16.2. The second kappa shape index (κ2) is 14.2. The van der Waals surface area contributed by atoms with Crippen molar-refractivity contribution < 1.29 is 9.53 Å². The molecule has 3 rings (SSSR count). The number of carbonyl (C=O) groups excluding carboxylic acids is 1. The summed E-state index contributed by atoms with van der Waals surface area (Å²) in [5.74, 6) is 1.95. The normalized spacial score (nSPS) is 18.2. The molecule has 1 fully saturated rings. The van der Waals surface area contributed by atoms with E-state index in [4.69, 9.17) is 4.74 Å². The van der Waals surface area contributed by atoms with Crippen molar-refractivity contribution in [2.75, 3.05) is 0 Å². The lowest BCUT2D eigenvalue weighted by atomic mass is 9.77. The lowest BCUT2D eigenvalue weighted by Crippen LogP contribution is -2.13. The SMILES string of the molecule is CCCCCCc1ccc(C(=O)Oc2ccc(C3CCC(CCCCCC)CC3)cc2)cc1. The maximum atomic E-state index is 12.6. The number of aryl methyl sites for hydroxylation is 1. The molecule has 2 aromatic carbocycles. The van der Waals surface area contributed by atoms with Crippen LogP contribution in [0, 0.1) is 5.92 Å². The Morgan fingerprint density at radius 2 is 1.39 bits per heavy atom. The van der Waals surface area contributed by atoms with Crippen LogP contribution in [0.3, 0.4) is 0 Å². The fraction of sp³-hybridized carbons (Fsp3) is 0.581. The van der Waals surface area contributed by atoms with Crippen molar-refractivity contribution in [3.63, 3.8) is 0 Å². The first-order valence-corrected chi connectivity index (χ1v) is 13.6. The molecule has 1 aliphatic carbocycles. The van der Waals surface area contributed by atoms with Crippen molar-refractivity contribution in [2.24, 2.45) is 5.92 Å². The molecule has 33 heavy (non-hydrogen) atoms. The minimum atomic E-state index is -0.274. The number of carbonyl (C=O) groups is 1. The second-order valence-corrected chi connectivity index (χ2v) is 10.0. The van der Waals surface area contributed by atoms with Gasteiger partial charge in [-0.15, -0.1) is 0 Å². The zero-order chi connectivity index (χ0) is 23.3. The van der Waals surface area contributed by atoms with E-state index in [0.717, 1.165) is 12.3 Å². The zero-order valence-electron chi connectivity index (χ0n) is 21.0. The van der Waals surface area contributed by atoms with Crippen LogP contribution in [-0.4, -0.2) is 5.97 Å². The van der Waals surface area contributed by atoms with Gasteiger partial charge in [0, 0.05) is 0 Å². The van der Waals surface area contributed by atoms with Gasteiger partial charge in [0.25, 0.3) is 0 Å². The largest absolute Gasteiger partial charge is 0.423 e. The molecule has 0 aromatic heterocycles. The van der Waals surface area contributed by atoms with Crippen LogP contribution in [0.5, 0.6) is 5.75 Å². The van der Waals surface area contributed by atoms with Crippen LogP contribution in [0.1, 0.15) is 125 Å². The number of hydrogen-bond donors (Lipinski definition) is 0. The maximum Gasteiger partial charge on any atom is 0.343 e. The van der Waals surface area contributed by atoms with Gasteiger partial charge in [-0.2, -0.15) is 0 Å².